The fourth-order valence-electron chi connectivity index (χ4n) is 1.24. The summed E-state index contributed by atoms with van der Waals surface area (Å²) in [5.74, 6) is 0.0518. The molecule has 0 aliphatic heterocycles. The van der Waals surface area contributed by atoms with Crippen molar-refractivity contribution in [1.29, 1.82) is 0 Å². The van der Waals surface area contributed by atoms with Crippen LogP contribution in [0.25, 0.3) is 10.1 Å². The molecule has 0 fully saturated rings. The van der Waals surface area contributed by atoms with Crippen LogP contribution in [0, 0.1) is 10.1 Å². The second-order valence-corrected chi connectivity index (χ2v) is 4.05. The van der Waals surface area contributed by atoms with Crippen molar-refractivity contribution in [3.63, 3.8) is 0 Å². The third-order valence-corrected chi connectivity index (χ3v) is 3.22. The van der Waals surface area contributed by atoms with Crippen molar-refractivity contribution < 1.29 is 10.0 Å². The smallest absolute Gasteiger partial charge is 0.289 e. The normalized spacial score (nSPS) is 10.6. The highest BCUT2D eigenvalue weighted by atomic mass is 32.1. The van der Waals surface area contributed by atoms with Gasteiger partial charge in [-0.3, -0.25) is 10.1 Å². The highest BCUT2D eigenvalue weighted by molar-refractivity contribution is 7.80. The van der Waals surface area contributed by atoms with Crippen LogP contribution in [0.5, 0.6) is 5.75 Å². The molecule has 0 radical (unpaired) electrons. The van der Waals surface area contributed by atoms with Gasteiger partial charge in [-0.15, -0.1) is 24.0 Å². The van der Waals surface area contributed by atoms with Gasteiger partial charge in [-0.1, -0.05) is 0 Å². The van der Waals surface area contributed by atoms with Crippen LogP contribution in [-0.4, -0.2) is 10.0 Å². The number of phenols is 1. The van der Waals surface area contributed by atoms with Gasteiger partial charge in [0.05, 0.1) is 20.4 Å². The number of nitrogens with zero attached hydrogens (tertiary/aromatic N) is 1. The Morgan fingerprint density at radius 3 is 2.86 bits per heavy atom. The molecule has 2 rings (SSSR count). The summed E-state index contributed by atoms with van der Waals surface area (Å²) in [7, 11) is 0. The zero-order chi connectivity index (χ0) is 10.3. The number of rotatable bonds is 1. The molecule has 72 valence electrons. The molecule has 0 saturated carbocycles. The van der Waals surface area contributed by atoms with Crippen LogP contribution in [0.3, 0.4) is 0 Å². The Bertz CT molecular complexity index is 521. The molecule has 0 saturated heterocycles. The van der Waals surface area contributed by atoms with Crippen LogP contribution >= 0.6 is 24.0 Å². The average molecular weight is 227 g/mol. The maximum absolute atomic E-state index is 10.6. The highest BCUT2D eigenvalue weighted by Gasteiger charge is 2.18. The van der Waals surface area contributed by atoms with E-state index in [1.165, 1.54) is 11.4 Å². The van der Waals surface area contributed by atoms with E-state index in [-0.39, 0.29) is 11.4 Å². The minimum Gasteiger partial charge on any atom is -0.506 e. The SMILES string of the molecule is O=[N+]([O-])c1csc2c(O)ccc(S)c12. The van der Waals surface area contributed by atoms with Crippen molar-refractivity contribution in [3.05, 3.63) is 27.6 Å². The van der Waals surface area contributed by atoms with E-state index in [0.29, 0.717) is 15.0 Å². The van der Waals surface area contributed by atoms with Gasteiger partial charge >= 0.3 is 0 Å². The number of hydrogen-bond donors (Lipinski definition) is 2. The third kappa shape index (κ3) is 1.23. The standard InChI is InChI=1S/C8H5NO3S2/c10-5-1-2-6(13)7-4(9(11)12)3-14-8(5)7/h1-3,10,13H. The molecule has 0 atom stereocenters. The first-order valence-corrected chi connectivity index (χ1v) is 5.00. The molecule has 0 unspecified atom stereocenters. The summed E-state index contributed by atoms with van der Waals surface area (Å²) in [4.78, 5) is 10.7. The number of nitro groups is 1. The number of thiophene rings is 1. The number of phenolic OH excluding ortho intramolecular Hbond substituents is 1. The predicted octanol–water partition coefficient (Wildman–Crippen LogP) is 2.80. The summed E-state index contributed by atoms with van der Waals surface area (Å²) >= 11 is 5.26. The minimum absolute atomic E-state index is 0.00843. The van der Waals surface area contributed by atoms with E-state index in [4.69, 9.17) is 0 Å². The Kier molecular flexibility index (Phi) is 2.09. The van der Waals surface area contributed by atoms with Gasteiger partial charge in [0.15, 0.2) is 0 Å². The van der Waals surface area contributed by atoms with Gasteiger partial charge in [0.2, 0.25) is 0 Å². The van der Waals surface area contributed by atoms with Gasteiger partial charge in [-0.25, -0.2) is 0 Å². The first kappa shape index (κ1) is 9.29. The van der Waals surface area contributed by atoms with Crippen molar-refractivity contribution in [3.8, 4) is 5.75 Å². The lowest BCUT2D eigenvalue weighted by Gasteiger charge is -1.97. The highest BCUT2D eigenvalue weighted by Crippen LogP contribution is 2.40. The molecule has 1 aromatic heterocycles. The summed E-state index contributed by atoms with van der Waals surface area (Å²) < 4.78 is 0.504. The number of fused-ring (bicyclic) bond motifs is 1. The van der Waals surface area contributed by atoms with E-state index in [1.807, 2.05) is 0 Å². The van der Waals surface area contributed by atoms with Crippen LogP contribution < -0.4 is 0 Å². The molecule has 1 N–H and O–H groups in total. The van der Waals surface area contributed by atoms with E-state index in [0.717, 1.165) is 11.3 Å². The molecule has 0 spiro atoms. The Labute approximate surface area is 88.4 Å². The predicted molar refractivity (Wildman–Crippen MR) is 57.4 cm³/mol. The lowest BCUT2D eigenvalue weighted by Crippen LogP contribution is -1.85. The Morgan fingerprint density at radius 1 is 1.50 bits per heavy atom. The van der Waals surface area contributed by atoms with E-state index in [1.54, 1.807) is 6.07 Å². The number of benzene rings is 1. The van der Waals surface area contributed by atoms with Crippen molar-refractivity contribution in [2.24, 2.45) is 0 Å². The van der Waals surface area contributed by atoms with Crippen LogP contribution in [-0.2, 0) is 0 Å². The van der Waals surface area contributed by atoms with Crippen LogP contribution in [0.15, 0.2) is 22.4 Å². The molecule has 1 heterocycles. The van der Waals surface area contributed by atoms with E-state index in [2.05, 4.69) is 12.6 Å². The van der Waals surface area contributed by atoms with Crippen LogP contribution in [0.4, 0.5) is 5.69 Å². The molecule has 0 bridgehead atoms. The fourth-order valence-corrected chi connectivity index (χ4v) is 2.57. The van der Waals surface area contributed by atoms with Gasteiger partial charge in [-0.2, -0.15) is 0 Å². The van der Waals surface area contributed by atoms with Gasteiger partial charge in [0, 0.05) is 4.90 Å². The van der Waals surface area contributed by atoms with Gasteiger partial charge in [0.1, 0.15) is 5.75 Å². The summed E-state index contributed by atoms with van der Waals surface area (Å²) in [5.41, 5.74) is -0.00843. The third-order valence-electron chi connectivity index (χ3n) is 1.86. The molecule has 0 aliphatic carbocycles. The van der Waals surface area contributed by atoms with Gasteiger partial charge < -0.3 is 5.11 Å². The molecule has 1 aromatic carbocycles. The topological polar surface area (TPSA) is 63.4 Å². The Balaban J connectivity index is 2.90. The summed E-state index contributed by atoms with van der Waals surface area (Å²) in [5, 5.41) is 21.9. The minimum atomic E-state index is -0.474. The summed E-state index contributed by atoms with van der Waals surface area (Å²) in [6.07, 6.45) is 0. The second-order valence-electron chi connectivity index (χ2n) is 2.69. The number of hydrogen-bond acceptors (Lipinski definition) is 5. The number of aromatic hydroxyl groups is 1. The zero-order valence-corrected chi connectivity index (χ0v) is 8.51. The number of thiol groups is 1. The maximum atomic E-state index is 10.6. The Hall–Kier alpha value is -1.27. The van der Waals surface area contributed by atoms with E-state index < -0.39 is 4.92 Å². The average Bonchev–Trinajstić information content (AvgIpc) is 2.56. The van der Waals surface area contributed by atoms with Crippen molar-refractivity contribution in [2.45, 2.75) is 4.90 Å². The maximum Gasteiger partial charge on any atom is 0.289 e. The zero-order valence-electron chi connectivity index (χ0n) is 6.80. The quantitative estimate of drug-likeness (QED) is 0.447. The van der Waals surface area contributed by atoms with Crippen molar-refractivity contribution in [2.75, 3.05) is 0 Å². The molecule has 0 aliphatic rings. The molecular formula is C8H5NO3S2. The van der Waals surface area contributed by atoms with E-state index in [9.17, 15) is 15.2 Å². The van der Waals surface area contributed by atoms with Gasteiger partial charge in [0.25, 0.3) is 5.69 Å². The molecule has 4 nitrogen and oxygen atoms in total. The van der Waals surface area contributed by atoms with Crippen molar-refractivity contribution >= 4 is 39.7 Å². The Morgan fingerprint density at radius 2 is 2.21 bits per heavy atom. The summed E-state index contributed by atoms with van der Waals surface area (Å²) in [6.45, 7) is 0. The first-order valence-electron chi connectivity index (χ1n) is 3.68. The molecule has 2 aromatic rings. The molecule has 6 heteroatoms. The largest absolute Gasteiger partial charge is 0.506 e. The first-order chi connectivity index (χ1) is 6.61. The van der Waals surface area contributed by atoms with Crippen LogP contribution in [0.1, 0.15) is 0 Å². The summed E-state index contributed by atoms with van der Waals surface area (Å²) in [6, 6.07) is 3.02. The lowest BCUT2D eigenvalue weighted by molar-refractivity contribution is -0.382. The van der Waals surface area contributed by atoms with Gasteiger partial charge in [-0.05, 0) is 12.1 Å². The van der Waals surface area contributed by atoms with Crippen molar-refractivity contribution in [1.82, 2.24) is 0 Å². The van der Waals surface area contributed by atoms with E-state index >= 15 is 0 Å². The monoisotopic (exact) mass is 227 g/mol. The fraction of sp³-hybridized carbons (Fsp3) is 0. The molecule has 14 heavy (non-hydrogen) atoms. The molecular weight excluding hydrogens is 222 g/mol. The lowest BCUT2D eigenvalue weighted by atomic mass is 10.2. The second kappa shape index (κ2) is 3.14. The molecule has 0 amide bonds. The van der Waals surface area contributed by atoms with Crippen LogP contribution in [0.2, 0.25) is 0 Å².